The van der Waals surface area contributed by atoms with Crippen LogP contribution in [0.3, 0.4) is 0 Å². The molecule has 2 saturated heterocycles. The summed E-state index contributed by atoms with van der Waals surface area (Å²) in [7, 11) is 1.67. The molecule has 2 aliphatic heterocycles. The molecule has 0 aromatic heterocycles. The summed E-state index contributed by atoms with van der Waals surface area (Å²) in [6.07, 6.45) is -0.342. The van der Waals surface area contributed by atoms with Crippen molar-refractivity contribution < 1.29 is 22.7 Å². The Morgan fingerprint density at radius 1 is 0.973 bits per heavy atom. The molecule has 0 bridgehead atoms. The summed E-state index contributed by atoms with van der Waals surface area (Å²) in [4.78, 5) is 19.9. The maximum absolute atomic E-state index is 13.5. The Labute approximate surface area is 217 Å². The molecule has 5 rings (SSSR count). The van der Waals surface area contributed by atoms with Gasteiger partial charge in [0.05, 0.1) is 12.7 Å². The van der Waals surface area contributed by atoms with Crippen LogP contribution in [0.1, 0.15) is 42.7 Å². The zero-order valence-corrected chi connectivity index (χ0v) is 21.4. The fraction of sp³-hybridized carbons (Fsp3) is 0.552. The molecule has 0 unspecified atom stereocenters. The number of piperazine rings is 1. The van der Waals surface area contributed by atoms with E-state index in [1.54, 1.807) is 13.2 Å². The minimum absolute atomic E-state index is 0.0762. The third-order valence-corrected chi connectivity index (χ3v) is 8.38. The lowest BCUT2D eigenvalue weighted by atomic mass is 9.87. The lowest BCUT2D eigenvalue weighted by Crippen LogP contribution is -2.48. The zero-order valence-electron chi connectivity index (χ0n) is 21.4. The third-order valence-electron chi connectivity index (χ3n) is 8.38. The monoisotopic (exact) mass is 515 g/mol. The summed E-state index contributed by atoms with van der Waals surface area (Å²) in [5.74, 6) is 1.12. The molecule has 3 fully saturated rings. The second-order valence-electron chi connectivity index (χ2n) is 10.7. The van der Waals surface area contributed by atoms with Gasteiger partial charge in [-0.15, -0.1) is 0 Å². The number of hydrogen-bond acceptors (Lipinski definition) is 4. The Kier molecular flexibility index (Phi) is 7.65. The molecule has 37 heavy (non-hydrogen) atoms. The van der Waals surface area contributed by atoms with E-state index in [1.165, 1.54) is 12.1 Å². The second-order valence-corrected chi connectivity index (χ2v) is 10.7. The Bertz CT molecular complexity index is 1080. The maximum atomic E-state index is 13.5. The van der Waals surface area contributed by atoms with Crippen molar-refractivity contribution in [3.05, 3.63) is 59.7 Å². The number of rotatable bonds is 6. The second kappa shape index (κ2) is 10.9. The molecule has 0 radical (unpaired) electrons. The van der Waals surface area contributed by atoms with Crippen molar-refractivity contribution in [2.24, 2.45) is 11.8 Å². The fourth-order valence-corrected chi connectivity index (χ4v) is 6.32. The van der Waals surface area contributed by atoms with Gasteiger partial charge in [-0.25, -0.2) is 0 Å². The predicted octanol–water partition coefficient (Wildman–Crippen LogP) is 5.27. The van der Waals surface area contributed by atoms with Gasteiger partial charge in [-0.05, 0) is 42.5 Å². The first-order valence-corrected chi connectivity index (χ1v) is 13.4. The molecule has 1 aliphatic carbocycles. The highest BCUT2D eigenvalue weighted by atomic mass is 19.4. The van der Waals surface area contributed by atoms with Crippen LogP contribution in [0.2, 0.25) is 0 Å². The molecular weight excluding hydrogens is 479 g/mol. The van der Waals surface area contributed by atoms with E-state index in [2.05, 4.69) is 15.9 Å². The summed E-state index contributed by atoms with van der Waals surface area (Å²) >= 11 is 0. The third kappa shape index (κ3) is 5.89. The maximum Gasteiger partial charge on any atom is 0.416 e. The molecule has 5 nitrogen and oxygen atoms in total. The van der Waals surface area contributed by atoms with Gasteiger partial charge >= 0.3 is 6.18 Å². The van der Waals surface area contributed by atoms with Crippen LogP contribution in [0.25, 0.3) is 0 Å². The van der Waals surface area contributed by atoms with Crippen molar-refractivity contribution in [1.29, 1.82) is 0 Å². The number of carbonyl (C=O) groups excluding carboxylic acids is 1. The number of nitrogens with zero attached hydrogens (tertiary/aromatic N) is 3. The Morgan fingerprint density at radius 2 is 1.70 bits per heavy atom. The minimum atomic E-state index is -4.38. The Morgan fingerprint density at radius 3 is 2.41 bits per heavy atom. The van der Waals surface area contributed by atoms with Crippen molar-refractivity contribution in [3.63, 3.8) is 0 Å². The van der Waals surface area contributed by atoms with Crippen LogP contribution in [0.15, 0.2) is 48.5 Å². The standard InChI is InChI=1S/C29H36F3N3O2/c1-37-26-11-5-10-25(17-26)34-14-12-33(13-15-34)18-23-19-35(28(36)21-6-2-3-7-21)20-27(23)22-8-4-9-24(16-22)29(30,31)32/h4-5,8-11,16-17,21,23,27H,2-3,6-7,12-15,18-20H2,1H3/t23-,27-/m0/s1. The molecule has 1 amide bonds. The number of alkyl halides is 3. The molecule has 3 aliphatic rings. The van der Waals surface area contributed by atoms with E-state index in [9.17, 15) is 18.0 Å². The van der Waals surface area contributed by atoms with Crippen LogP contribution >= 0.6 is 0 Å². The molecule has 8 heteroatoms. The number of carbonyl (C=O) groups is 1. The average Bonchev–Trinajstić information content (AvgIpc) is 3.59. The van der Waals surface area contributed by atoms with Gasteiger partial charge in [-0.1, -0.05) is 37.1 Å². The van der Waals surface area contributed by atoms with Crippen molar-refractivity contribution >= 4 is 11.6 Å². The number of likely N-dealkylation sites (tertiary alicyclic amines) is 1. The lowest BCUT2D eigenvalue weighted by Gasteiger charge is -2.38. The molecule has 2 atom stereocenters. The van der Waals surface area contributed by atoms with E-state index in [1.807, 2.05) is 23.1 Å². The number of methoxy groups -OCH3 is 1. The number of hydrogen-bond donors (Lipinski definition) is 0. The van der Waals surface area contributed by atoms with Gasteiger partial charge in [-0.3, -0.25) is 9.69 Å². The van der Waals surface area contributed by atoms with Crippen LogP contribution in [0, 0.1) is 11.8 Å². The Hall–Kier alpha value is -2.74. The molecule has 2 aromatic carbocycles. The highest BCUT2D eigenvalue weighted by molar-refractivity contribution is 5.79. The number of halogens is 3. The smallest absolute Gasteiger partial charge is 0.416 e. The van der Waals surface area contributed by atoms with Crippen LogP contribution in [0.5, 0.6) is 5.75 Å². The Balaban J connectivity index is 1.29. The lowest BCUT2D eigenvalue weighted by molar-refractivity contribution is -0.137. The molecule has 2 heterocycles. The topological polar surface area (TPSA) is 36.0 Å². The zero-order chi connectivity index (χ0) is 26.0. The van der Waals surface area contributed by atoms with E-state index >= 15 is 0 Å². The van der Waals surface area contributed by atoms with Crippen molar-refractivity contribution in [2.75, 3.05) is 57.8 Å². The molecule has 2 aromatic rings. The van der Waals surface area contributed by atoms with Crippen molar-refractivity contribution in [2.45, 2.75) is 37.8 Å². The van der Waals surface area contributed by atoms with E-state index in [-0.39, 0.29) is 23.7 Å². The van der Waals surface area contributed by atoms with Gasteiger partial charge in [0.2, 0.25) is 5.91 Å². The first kappa shape index (κ1) is 25.9. The summed E-state index contributed by atoms with van der Waals surface area (Å²) < 4.78 is 45.8. The summed E-state index contributed by atoms with van der Waals surface area (Å²) in [5.41, 5.74) is 1.21. The highest BCUT2D eigenvalue weighted by Crippen LogP contribution is 2.39. The van der Waals surface area contributed by atoms with Gasteiger partial charge in [0.1, 0.15) is 5.75 Å². The van der Waals surface area contributed by atoms with Crippen molar-refractivity contribution in [3.8, 4) is 5.75 Å². The van der Waals surface area contributed by atoms with Crippen molar-refractivity contribution in [1.82, 2.24) is 9.80 Å². The quantitative estimate of drug-likeness (QED) is 0.525. The van der Waals surface area contributed by atoms with Crippen LogP contribution in [-0.2, 0) is 11.0 Å². The predicted molar refractivity (Wildman–Crippen MR) is 138 cm³/mol. The van der Waals surface area contributed by atoms with E-state index in [4.69, 9.17) is 4.74 Å². The highest BCUT2D eigenvalue weighted by Gasteiger charge is 2.40. The van der Waals surface area contributed by atoms with Crippen LogP contribution in [-0.4, -0.2) is 68.6 Å². The molecule has 200 valence electrons. The first-order chi connectivity index (χ1) is 17.8. The normalized spacial score (nSPS) is 23.6. The van der Waals surface area contributed by atoms with Gasteiger partial charge in [0.15, 0.2) is 0 Å². The van der Waals surface area contributed by atoms with Gasteiger partial charge in [0.25, 0.3) is 0 Å². The van der Waals surface area contributed by atoms with E-state index in [0.717, 1.165) is 75.9 Å². The fourth-order valence-electron chi connectivity index (χ4n) is 6.32. The van der Waals surface area contributed by atoms with Gasteiger partial charge in [0, 0.05) is 69.4 Å². The van der Waals surface area contributed by atoms with E-state index < -0.39 is 11.7 Å². The molecule has 0 N–H and O–H groups in total. The number of anilines is 1. The number of benzene rings is 2. The van der Waals surface area contributed by atoms with Gasteiger partial charge in [-0.2, -0.15) is 13.2 Å². The first-order valence-electron chi connectivity index (χ1n) is 13.4. The largest absolute Gasteiger partial charge is 0.497 e. The summed E-state index contributed by atoms with van der Waals surface area (Å²) in [6.45, 7) is 5.40. The average molecular weight is 516 g/mol. The number of ether oxygens (including phenoxy) is 1. The van der Waals surface area contributed by atoms with Crippen LogP contribution in [0.4, 0.5) is 18.9 Å². The van der Waals surface area contributed by atoms with Gasteiger partial charge < -0.3 is 14.5 Å². The number of amides is 1. The summed E-state index contributed by atoms with van der Waals surface area (Å²) in [5, 5.41) is 0. The molecular formula is C29H36F3N3O2. The van der Waals surface area contributed by atoms with Crippen LogP contribution < -0.4 is 9.64 Å². The molecule has 0 spiro atoms. The van der Waals surface area contributed by atoms with E-state index in [0.29, 0.717) is 18.7 Å². The minimum Gasteiger partial charge on any atom is -0.497 e. The SMILES string of the molecule is COc1cccc(N2CCN(C[C@H]3CN(C(=O)C4CCCC4)C[C@H]3c3cccc(C(F)(F)F)c3)CC2)c1. The summed E-state index contributed by atoms with van der Waals surface area (Å²) in [6, 6.07) is 13.8. The molecule has 1 saturated carbocycles.